The topological polar surface area (TPSA) is 141 Å². The van der Waals surface area contributed by atoms with Crippen molar-refractivity contribution < 1.29 is 37.8 Å². The number of para-hydroxylation sites is 1. The van der Waals surface area contributed by atoms with Crippen molar-refractivity contribution in [1.82, 2.24) is 24.9 Å². The van der Waals surface area contributed by atoms with E-state index < -0.39 is 18.1 Å². The third-order valence-corrected chi connectivity index (χ3v) is 5.56. The maximum atomic E-state index is 13.0. The van der Waals surface area contributed by atoms with Crippen molar-refractivity contribution in [3.63, 3.8) is 0 Å². The normalized spacial score (nSPS) is 15.7. The molecule has 1 unspecified atom stereocenters. The largest absolute Gasteiger partial charge is 0.490 e. The second-order valence-corrected chi connectivity index (χ2v) is 7.78. The minimum absolute atomic E-state index is 0.0769. The number of halogens is 3. The van der Waals surface area contributed by atoms with Crippen molar-refractivity contribution in [2.75, 3.05) is 13.1 Å². The third kappa shape index (κ3) is 4.78. The number of nitrogens with one attached hydrogen (secondary N) is 1. The first-order valence-corrected chi connectivity index (χ1v) is 10.3. The van der Waals surface area contributed by atoms with Crippen molar-refractivity contribution in [2.45, 2.75) is 18.6 Å². The standard InChI is InChI=1S/C20H17N5O3.C2HF3O2/c26-19(12-5-6-16-15(9-12)18(20(27)28)23-22-16)24-8-7-14(11-24)25-17-4-2-1-3-13(17)10-21-25;3-2(4,5)1(6)7/h1-6,9-10,14H,7-8,11H2,(H,22,23)(H,27,28);(H,6,7). The van der Waals surface area contributed by atoms with Crippen molar-refractivity contribution >= 4 is 39.7 Å². The molecule has 1 aliphatic heterocycles. The summed E-state index contributed by atoms with van der Waals surface area (Å²) in [6.45, 7) is 1.20. The Kier molecular flexibility index (Phi) is 6.16. The molecule has 35 heavy (non-hydrogen) atoms. The molecule has 5 rings (SSSR count). The minimum Gasteiger partial charge on any atom is -0.476 e. The highest BCUT2D eigenvalue weighted by Crippen LogP contribution is 2.27. The number of carbonyl (C=O) groups is 3. The number of aromatic carboxylic acids is 1. The van der Waals surface area contributed by atoms with Gasteiger partial charge in [0.05, 0.1) is 23.3 Å². The molecule has 0 saturated carbocycles. The molecule has 4 aromatic rings. The summed E-state index contributed by atoms with van der Waals surface area (Å²) in [6.07, 6.45) is -2.41. The molecule has 0 aliphatic carbocycles. The zero-order valence-electron chi connectivity index (χ0n) is 17.9. The van der Waals surface area contributed by atoms with Gasteiger partial charge in [0, 0.05) is 29.4 Å². The molecule has 1 amide bonds. The number of fused-ring (bicyclic) bond motifs is 2. The van der Waals surface area contributed by atoms with E-state index in [-0.39, 0.29) is 17.6 Å². The summed E-state index contributed by atoms with van der Waals surface area (Å²) in [6, 6.07) is 13.1. The Morgan fingerprint density at radius 2 is 1.80 bits per heavy atom. The molecule has 0 radical (unpaired) electrons. The Morgan fingerprint density at radius 3 is 2.49 bits per heavy atom. The van der Waals surface area contributed by atoms with Gasteiger partial charge in [0.1, 0.15) is 0 Å². The number of carboxylic acid groups (broad SMARTS) is 2. The smallest absolute Gasteiger partial charge is 0.476 e. The molecule has 10 nitrogen and oxygen atoms in total. The zero-order chi connectivity index (χ0) is 25.3. The number of aliphatic carboxylic acids is 1. The number of carboxylic acids is 2. The molecule has 1 fully saturated rings. The monoisotopic (exact) mass is 489 g/mol. The summed E-state index contributed by atoms with van der Waals surface area (Å²) >= 11 is 0. The van der Waals surface area contributed by atoms with Gasteiger partial charge in [-0.3, -0.25) is 14.6 Å². The van der Waals surface area contributed by atoms with E-state index in [4.69, 9.17) is 9.90 Å². The van der Waals surface area contributed by atoms with Crippen molar-refractivity contribution in [2.24, 2.45) is 0 Å². The van der Waals surface area contributed by atoms with Crippen LogP contribution in [0.4, 0.5) is 13.2 Å². The van der Waals surface area contributed by atoms with E-state index in [9.17, 15) is 27.9 Å². The maximum Gasteiger partial charge on any atom is 0.490 e. The molecule has 1 aliphatic rings. The second kappa shape index (κ2) is 9.08. The number of hydrogen-bond donors (Lipinski definition) is 3. The Bertz CT molecular complexity index is 1430. The SMILES string of the molecule is O=C(O)C(F)(F)F.O=C(O)c1n[nH]c2ccc(C(=O)N3CCC(n4ncc5ccccc54)C3)cc12. The Hall–Kier alpha value is -4.42. The van der Waals surface area contributed by atoms with Gasteiger partial charge in [0.15, 0.2) is 5.69 Å². The Labute approximate surface area is 194 Å². The van der Waals surface area contributed by atoms with Gasteiger partial charge in [-0.15, -0.1) is 0 Å². The van der Waals surface area contributed by atoms with E-state index in [0.29, 0.717) is 29.6 Å². The van der Waals surface area contributed by atoms with Gasteiger partial charge in [0.25, 0.3) is 5.91 Å². The van der Waals surface area contributed by atoms with Crippen LogP contribution in [0.25, 0.3) is 21.8 Å². The first-order valence-electron chi connectivity index (χ1n) is 10.3. The van der Waals surface area contributed by atoms with Crippen LogP contribution in [0.3, 0.4) is 0 Å². The number of nitrogens with zero attached hydrogens (tertiary/aromatic N) is 4. The number of amides is 1. The number of aromatic nitrogens is 4. The first-order chi connectivity index (χ1) is 16.6. The average molecular weight is 489 g/mol. The van der Waals surface area contributed by atoms with Crippen LogP contribution in [0.1, 0.15) is 33.3 Å². The van der Waals surface area contributed by atoms with Gasteiger partial charge < -0.3 is 15.1 Å². The highest BCUT2D eigenvalue weighted by Gasteiger charge is 2.38. The highest BCUT2D eigenvalue weighted by atomic mass is 19.4. The molecular weight excluding hydrogens is 471 g/mol. The van der Waals surface area contributed by atoms with E-state index in [1.807, 2.05) is 35.1 Å². The molecule has 2 aromatic carbocycles. The average Bonchev–Trinajstić information content (AvgIpc) is 3.55. The van der Waals surface area contributed by atoms with Crippen LogP contribution in [-0.2, 0) is 4.79 Å². The van der Waals surface area contributed by atoms with E-state index in [1.165, 1.54) is 0 Å². The first kappa shape index (κ1) is 23.7. The minimum atomic E-state index is -5.08. The summed E-state index contributed by atoms with van der Waals surface area (Å²) in [5.74, 6) is -3.99. The van der Waals surface area contributed by atoms with Crippen LogP contribution in [0.5, 0.6) is 0 Å². The van der Waals surface area contributed by atoms with Crippen LogP contribution < -0.4 is 0 Å². The molecule has 0 spiro atoms. The van der Waals surface area contributed by atoms with Crippen molar-refractivity contribution in [1.29, 1.82) is 0 Å². The van der Waals surface area contributed by atoms with Crippen molar-refractivity contribution in [3.8, 4) is 0 Å². The summed E-state index contributed by atoms with van der Waals surface area (Å²) in [4.78, 5) is 35.0. The fourth-order valence-corrected chi connectivity index (χ4v) is 3.90. The highest BCUT2D eigenvalue weighted by molar-refractivity contribution is 6.04. The van der Waals surface area contributed by atoms with Crippen LogP contribution in [0.2, 0.25) is 0 Å². The van der Waals surface area contributed by atoms with Crippen molar-refractivity contribution in [3.05, 3.63) is 59.9 Å². The molecule has 182 valence electrons. The van der Waals surface area contributed by atoms with Crippen LogP contribution >= 0.6 is 0 Å². The molecular formula is C22H18F3N5O5. The molecule has 13 heteroatoms. The lowest BCUT2D eigenvalue weighted by atomic mass is 10.1. The number of hydrogen-bond acceptors (Lipinski definition) is 5. The molecule has 3 heterocycles. The van der Waals surface area contributed by atoms with Crippen LogP contribution in [-0.4, -0.2) is 72.2 Å². The van der Waals surface area contributed by atoms with Gasteiger partial charge in [-0.1, -0.05) is 18.2 Å². The van der Waals surface area contributed by atoms with Crippen LogP contribution in [0.15, 0.2) is 48.7 Å². The van der Waals surface area contributed by atoms with Gasteiger partial charge >= 0.3 is 18.1 Å². The van der Waals surface area contributed by atoms with Gasteiger partial charge in [-0.2, -0.15) is 23.4 Å². The fourth-order valence-electron chi connectivity index (χ4n) is 3.90. The number of rotatable bonds is 3. The van der Waals surface area contributed by atoms with E-state index in [0.717, 1.165) is 17.3 Å². The van der Waals surface area contributed by atoms with Gasteiger partial charge in [-0.25, -0.2) is 9.59 Å². The number of carbonyl (C=O) groups excluding carboxylic acids is 1. The lowest BCUT2D eigenvalue weighted by Crippen LogP contribution is -2.29. The van der Waals surface area contributed by atoms with E-state index in [1.54, 1.807) is 23.1 Å². The molecule has 1 saturated heterocycles. The lowest BCUT2D eigenvalue weighted by molar-refractivity contribution is -0.192. The fraction of sp³-hybridized carbons (Fsp3) is 0.227. The predicted octanol–water partition coefficient (Wildman–Crippen LogP) is 3.33. The predicted molar refractivity (Wildman–Crippen MR) is 116 cm³/mol. The Balaban J connectivity index is 0.000000364. The number of alkyl halides is 3. The third-order valence-electron chi connectivity index (χ3n) is 5.56. The summed E-state index contributed by atoms with van der Waals surface area (Å²) in [5, 5.41) is 28.9. The van der Waals surface area contributed by atoms with Gasteiger partial charge in [-0.05, 0) is 30.7 Å². The number of H-pyrrole nitrogens is 1. The van der Waals surface area contributed by atoms with Gasteiger partial charge in [0.2, 0.25) is 0 Å². The number of likely N-dealkylation sites (tertiary alicyclic amines) is 1. The number of aromatic amines is 1. The summed E-state index contributed by atoms with van der Waals surface area (Å²) in [7, 11) is 0. The molecule has 1 atom stereocenters. The lowest BCUT2D eigenvalue weighted by Gasteiger charge is -2.17. The second-order valence-electron chi connectivity index (χ2n) is 7.78. The molecule has 3 N–H and O–H groups in total. The maximum absolute atomic E-state index is 13.0. The van der Waals surface area contributed by atoms with E-state index in [2.05, 4.69) is 15.3 Å². The number of benzene rings is 2. The zero-order valence-corrected chi connectivity index (χ0v) is 17.9. The summed E-state index contributed by atoms with van der Waals surface area (Å²) in [5.41, 5.74) is 2.04. The Morgan fingerprint density at radius 1 is 1.09 bits per heavy atom. The van der Waals surface area contributed by atoms with Crippen LogP contribution in [0, 0.1) is 0 Å². The quantitative estimate of drug-likeness (QED) is 0.401. The summed E-state index contributed by atoms with van der Waals surface area (Å²) < 4.78 is 33.7. The molecule has 0 bridgehead atoms. The van der Waals surface area contributed by atoms with E-state index >= 15 is 0 Å². The molecule has 2 aromatic heterocycles.